The average molecular weight is 371 g/mol. The van der Waals surface area contributed by atoms with E-state index in [1.165, 1.54) is 0 Å². The van der Waals surface area contributed by atoms with Crippen LogP contribution in [0, 0.1) is 0 Å². The van der Waals surface area contributed by atoms with Gasteiger partial charge >= 0.3 is 6.03 Å². The lowest BCUT2D eigenvalue weighted by Gasteiger charge is -2.26. The number of nitrogens with zero attached hydrogens (tertiary/aromatic N) is 5. The van der Waals surface area contributed by atoms with Gasteiger partial charge in [-0.1, -0.05) is 0 Å². The second-order valence-corrected chi connectivity index (χ2v) is 7.04. The number of amides is 2. The molecule has 0 radical (unpaired) electrons. The Morgan fingerprint density at radius 1 is 1.33 bits per heavy atom. The topological polar surface area (TPSA) is 92.3 Å². The minimum Gasteiger partial charge on any atom is -0.384 e. The number of aromatic nitrogens is 3. The molecular weight excluding hydrogens is 342 g/mol. The lowest BCUT2D eigenvalue weighted by Crippen LogP contribution is -2.42. The minimum absolute atomic E-state index is 0.0321. The number of nitrogen functional groups attached to an aromatic ring is 1. The van der Waals surface area contributed by atoms with Crippen molar-refractivity contribution < 1.29 is 4.79 Å². The summed E-state index contributed by atoms with van der Waals surface area (Å²) >= 11 is 0. The molecule has 0 aliphatic carbocycles. The standard InChI is InChI=1S/C19H29N7O/c1-24(15-18-21-8-6-17(20)23-18)16-5-4-12-26(13-7-16)19(27)22-9-14-25-10-2-3-11-25/h2-3,6,8,10-11,16H,4-5,7,9,12-15H2,1H3,(H,22,27)(H2,20,21,23)/t16-/m1/s1. The Hall–Kier alpha value is -2.61. The zero-order valence-electron chi connectivity index (χ0n) is 15.9. The van der Waals surface area contributed by atoms with Gasteiger partial charge in [-0.3, -0.25) is 4.90 Å². The third-order valence-electron chi connectivity index (χ3n) is 5.04. The third kappa shape index (κ3) is 5.68. The summed E-state index contributed by atoms with van der Waals surface area (Å²) in [5.41, 5.74) is 5.74. The van der Waals surface area contributed by atoms with E-state index >= 15 is 0 Å². The van der Waals surface area contributed by atoms with Gasteiger partial charge in [0, 0.05) is 50.8 Å². The zero-order valence-corrected chi connectivity index (χ0v) is 15.9. The zero-order chi connectivity index (χ0) is 19.1. The first-order valence-electron chi connectivity index (χ1n) is 9.53. The molecule has 8 heteroatoms. The number of nitrogens with two attached hydrogens (primary N) is 1. The van der Waals surface area contributed by atoms with Crippen molar-refractivity contribution in [3.05, 3.63) is 42.6 Å². The van der Waals surface area contributed by atoms with E-state index in [1.54, 1.807) is 12.3 Å². The average Bonchev–Trinajstić information content (AvgIpc) is 3.03. The second-order valence-electron chi connectivity index (χ2n) is 7.04. The number of likely N-dealkylation sites (tertiary alicyclic amines) is 1. The Kier molecular flexibility index (Phi) is 6.64. The molecule has 1 atom stereocenters. The predicted molar refractivity (Wildman–Crippen MR) is 105 cm³/mol. The molecule has 1 saturated heterocycles. The van der Waals surface area contributed by atoms with Crippen LogP contribution in [0.25, 0.3) is 0 Å². The highest BCUT2D eigenvalue weighted by Crippen LogP contribution is 2.17. The van der Waals surface area contributed by atoms with E-state index < -0.39 is 0 Å². The molecule has 1 fully saturated rings. The van der Waals surface area contributed by atoms with E-state index in [-0.39, 0.29) is 6.03 Å². The largest absolute Gasteiger partial charge is 0.384 e. The van der Waals surface area contributed by atoms with Gasteiger partial charge in [-0.2, -0.15) is 0 Å². The Morgan fingerprint density at radius 2 is 2.15 bits per heavy atom. The SMILES string of the molecule is CN(Cc1nccc(N)n1)[C@@H]1CCCN(C(=O)NCCn2cccc2)CC1. The molecule has 3 rings (SSSR count). The van der Waals surface area contributed by atoms with Crippen LogP contribution in [0.4, 0.5) is 10.6 Å². The van der Waals surface area contributed by atoms with E-state index in [0.29, 0.717) is 24.9 Å². The molecule has 2 amide bonds. The van der Waals surface area contributed by atoms with Gasteiger partial charge in [-0.15, -0.1) is 0 Å². The van der Waals surface area contributed by atoms with E-state index in [1.807, 2.05) is 29.4 Å². The maximum absolute atomic E-state index is 12.4. The van der Waals surface area contributed by atoms with Crippen molar-refractivity contribution in [2.45, 2.75) is 38.4 Å². The van der Waals surface area contributed by atoms with Gasteiger partial charge in [-0.25, -0.2) is 14.8 Å². The van der Waals surface area contributed by atoms with Crippen LogP contribution < -0.4 is 11.1 Å². The quantitative estimate of drug-likeness (QED) is 0.804. The molecule has 146 valence electrons. The number of carbonyl (C=O) groups excluding carboxylic acids is 1. The van der Waals surface area contributed by atoms with Crippen LogP contribution in [0.2, 0.25) is 0 Å². The Bertz CT molecular complexity index is 719. The van der Waals surface area contributed by atoms with Gasteiger partial charge < -0.3 is 20.5 Å². The third-order valence-corrected chi connectivity index (χ3v) is 5.04. The van der Waals surface area contributed by atoms with Crippen LogP contribution in [-0.4, -0.2) is 63.1 Å². The smallest absolute Gasteiger partial charge is 0.317 e. The number of anilines is 1. The van der Waals surface area contributed by atoms with Crippen LogP contribution in [-0.2, 0) is 13.1 Å². The minimum atomic E-state index is 0.0321. The molecule has 27 heavy (non-hydrogen) atoms. The molecule has 0 unspecified atom stereocenters. The van der Waals surface area contributed by atoms with E-state index in [0.717, 1.165) is 44.7 Å². The number of carbonyl (C=O) groups is 1. The van der Waals surface area contributed by atoms with E-state index in [9.17, 15) is 4.79 Å². The van der Waals surface area contributed by atoms with Gasteiger partial charge in [0.05, 0.1) is 6.54 Å². The number of nitrogens with one attached hydrogen (secondary N) is 1. The molecule has 2 aromatic rings. The summed E-state index contributed by atoms with van der Waals surface area (Å²) in [4.78, 5) is 25.2. The highest BCUT2D eigenvalue weighted by molar-refractivity contribution is 5.74. The fraction of sp³-hybridized carbons (Fsp3) is 0.526. The van der Waals surface area contributed by atoms with E-state index in [4.69, 9.17) is 5.73 Å². The van der Waals surface area contributed by atoms with E-state index in [2.05, 4.69) is 31.8 Å². The Balaban J connectivity index is 1.44. The molecule has 3 N–H and O–H groups in total. The lowest BCUT2D eigenvalue weighted by molar-refractivity contribution is 0.190. The molecule has 0 saturated carbocycles. The van der Waals surface area contributed by atoms with Crippen molar-refractivity contribution in [3.8, 4) is 0 Å². The molecule has 3 heterocycles. The highest BCUT2D eigenvalue weighted by Gasteiger charge is 2.23. The maximum atomic E-state index is 12.4. The summed E-state index contributed by atoms with van der Waals surface area (Å²) in [5.74, 6) is 1.23. The number of hydrogen-bond donors (Lipinski definition) is 2. The van der Waals surface area contributed by atoms with Crippen LogP contribution in [0.1, 0.15) is 25.1 Å². The summed E-state index contributed by atoms with van der Waals surface area (Å²) in [6.45, 7) is 3.66. The highest BCUT2D eigenvalue weighted by atomic mass is 16.2. The summed E-state index contributed by atoms with van der Waals surface area (Å²) in [5, 5.41) is 3.03. The summed E-state index contributed by atoms with van der Waals surface area (Å²) in [6.07, 6.45) is 8.71. The fourth-order valence-corrected chi connectivity index (χ4v) is 3.49. The van der Waals surface area contributed by atoms with Crippen molar-refractivity contribution in [2.75, 3.05) is 32.4 Å². The maximum Gasteiger partial charge on any atom is 0.317 e. The molecular formula is C19H29N7O. The van der Waals surface area contributed by atoms with Crippen LogP contribution >= 0.6 is 0 Å². The molecule has 1 aliphatic heterocycles. The van der Waals surface area contributed by atoms with Gasteiger partial charge in [-0.05, 0) is 44.5 Å². The van der Waals surface area contributed by atoms with Crippen molar-refractivity contribution in [1.29, 1.82) is 0 Å². The predicted octanol–water partition coefficient (Wildman–Crippen LogP) is 1.56. The summed E-state index contributed by atoms with van der Waals surface area (Å²) in [6, 6.07) is 6.11. The Labute approximate surface area is 160 Å². The normalized spacial score (nSPS) is 17.7. The number of urea groups is 1. The van der Waals surface area contributed by atoms with Crippen LogP contribution in [0.5, 0.6) is 0 Å². The Morgan fingerprint density at radius 3 is 2.93 bits per heavy atom. The summed E-state index contributed by atoms with van der Waals surface area (Å²) < 4.78 is 2.06. The molecule has 8 nitrogen and oxygen atoms in total. The molecule has 0 spiro atoms. The first-order chi connectivity index (χ1) is 13.1. The molecule has 1 aliphatic rings. The molecule has 0 aromatic carbocycles. The summed E-state index contributed by atoms with van der Waals surface area (Å²) in [7, 11) is 2.09. The van der Waals surface area contributed by atoms with Gasteiger partial charge in [0.25, 0.3) is 0 Å². The fourth-order valence-electron chi connectivity index (χ4n) is 3.49. The molecule has 0 bridgehead atoms. The van der Waals surface area contributed by atoms with Crippen LogP contribution in [0.15, 0.2) is 36.8 Å². The van der Waals surface area contributed by atoms with Crippen molar-refractivity contribution in [1.82, 2.24) is 29.7 Å². The molecule has 2 aromatic heterocycles. The number of hydrogen-bond acceptors (Lipinski definition) is 5. The van der Waals surface area contributed by atoms with Gasteiger partial charge in [0.15, 0.2) is 0 Å². The van der Waals surface area contributed by atoms with Gasteiger partial charge in [0.1, 0.15) is 11.6 Å². The van der Waals surface area contributed by atoms with Crippen molar-refractivity contribution in [3.63, 3.8) is 0 Å². The van der Waals surface area contributed by atoms with Crippen molar-refractivity contribution >= 4 is 11.8 Å². The van der Waals surface area contributed by atoms with Crippen LogP contribution in [0.3, 0.4) is 0 Å². The first kappa shape index (κ1) is 19.2. The van der Waals surface area contributed by atoms with Gasteiger partial charge in [0.2, 0.25) is 0 Å². The monoisotopic (exact) mass is 371 g/mol. The van der Waals surface area contributed by atoms with Crippen molar-refractivity contribution in [2.24, 2.45) is 0 Å². The lowest BCUT2D eigenvalue weighted by atomic mass is 10.1. The second kappa shape index (κ2) is 9.36. The first-order valence-corrected chi connectivity index (χ1v) is 9.53. The number of rotatable bonds is 6.